The quantitative estimate of drug-likeness (QED) is 0.789. The minimum Gasteiger partial charge on any atom is -0.325 e. The number of hydrogen-bond acceptors (Lipinski definition) is 2. The fraction of sp³-hybridized carbons (Fsp3) is 0.231. The zero-order valence-electron chi connectivity index (χ0n) is 10.2. The molecule has 0 fully saturated rings. The highest BCUT2D eigenvalue weighted by Gasteiger charge is 2.07. The lowest BCUT2D eigenvalue weighted by atomic mass is 10.2. The third-order valence-corrected chi connectivity index (χ3v) is 3.46. The number of aryl methyl sites for hydroxylation is 2. The number of nitrogens with zero attached hydrogens (tertiary/aromatic N) is 2. The molecule has 0 spiro atoms. The molecule has 1 heterocycles. The van der Waals surface area contributed by atoms with E-state index >= 15 is 0 Å². The molecule has 0 N–H and O–H groups in total. The molecule has 5 heteroatoms. The molecule has 0 bridgehead atoms. The zero-order valence-corrected chi connectivity index (χ0v) is 11.8. The smallest absolute Gasteiger partial charge is 0.258 e. The van der Waals surface area contributed by atoms with Crippen LogP contribution in [0.3, 0.4) is 0 Å². The topological polar surface area (TPSA) is 26.9 Å². The molecule has 3 nitrogen and oxygen atoms in total. The van der Waals surface area contributed by atoms with Crippen LogP contribution in [0.1, 0.15) is 12.5 Å². The van der Waals surface area contributed by atoms with Gasteiger partial charge in [-0.3, -0.25) is 9.36 Å². The summed E-state index contributed by atoms with van der Waals surface area (Å²) in [5.74, 6) is 0. The monoisotopic (exact) mass is 280 g/mol. The molecule has 0 aliphatic heterocycles. The summed E-state index contributed by atoms with van der Waals surface area (Å²) in [4.78, 5) is 12.0. The van der Waals surface area contributed by atoms with Crippen LogP contribution in [0.5, 0.6) is 0 Å². The van der Waals surface area contributed by atoms with Gasteiger partial charge in [-0.15, -0.1) is 0 Å². The first-order valence-electron chi connectivity index (χ1n) is 5.63. The van der Waals surface area contributed by atoms with Crippen molar-refractivity contribution < 1.29 is 0 Å². The summed E-state index contributed by atoms with van der Waals surface area (Å²) in [6.07, 6.45) is 1.71. The maximum absolute atomic E-state index is 12.0. The molecule has 0 aliphatic rings. The van der Waals surface area contributed by atoms with Crippen molar-refractivity contribution in [1.82, 2.24) is 9.13 Å². The van der Waals surface area contributed by atoms with Crippen molar-refractivity contribution in [2.45, 2.75) is 20.4 Å². The Labute approximate surface area is 115 Å². The minimum atomic E-state index is -0.143. The van der Waals surface area contributed by atoms with Crippen molar-refractivity contribution in [3.8, 4) is 5.69 Å². The van der Waals surface area contributed by atoms with E-state index in [0.717, 1.165) is 17.8 Å². The lowest BCUT2D eigenvalue weighted by molar-refractivity contribution is 0.685. The van der Waals surface area contributed by atoms with Gasteiger partial charge in [0, 0.05) is 23.8 Å². The molecule has 0 saturated heterocycles. The van der Waals surface area contributed by atoms with E-state index in [1.54, 1.807) is 18.3 Å². The maximum atomic E-state index is 12.0. The molecule has 1 aromatic heterocycles. The van der Waals surface area contributed by atoms with E-state index in [9.17, 15) is 4.79 Å². The van der Waals surface area contributed by atoms with E-state index in [1.165, 1.54) is 10.6 Å². The summed E-state index contributed by atoms with van der Waals surface area (Å²) in [5.41, 5.74) is 1.55. The van der Waals surface area contributed by atoms with Crippen LogP contribution < -0.4 is 5.56 Å². The van der Waals surface area contributed by atoms with Gasteiger partial charge in [-0.2, -0.15) is 0 Å². The number of hydrogen-bond donors (Lipinski definition) is 0. The lowest BCUT2D eigenvalue weighted by Crippen LogP contribution is -2.22. The van der Waals surface area contributed by atoms with Gasteiger partial charge in [0.1, 0.15) is 0 Å². The highest BCUT2D eigenvalue weighted by molar-refractivity contribution is 7.71. The van der Waals surface area contributed by atoms with Crippen LogP contribution in [-0.2, 0) is 6.54 Å². The van der Waals surface area contributed by atoms with Gasteiger partial charge in [0.05, 0.1) is 5.69 Å². The Morgan fingerprint density at radius 1 is 1.33 bits per heavy atom. The standard InChI is InChI=1S/C13H13ClN2OS/c1-3-15-7-6-12(17)16(13(15)18)11-8-10(14)5-4-9(11)2/h4-8H,3H2,1-2H3. The maximum Gasteiger partial charge on any atom is 0.258 e. The lowest BCUT2D eigenvalue weighted by Gasteiger charge is -2.12. The van der Waals surface area contributed by atoms with Crippen LogP contribution >= 0.6 is 23.8 Å². The molecule has 94 valence electrons. The Bertz CT molecular complexity index is 703. The molecule has 0 unspecified atom stereocenters. The fourth-order valence-corrected chi connectivity index (χ4v) is 2.35. The molecular formula is C13H13ClN2OS. The predicted molar refractivity (Wildman–Crippen MR) is 76.3 cm³/mol. The fourth-order valence-electron chi connectivity index (χ4n) is 1.80. The van der Waals surface area contributed by atoms with Crippen molar-refractivity contribution in [2.75, 3.05) is 0 Å². The summed E-state index contributed by atoms with van der Waals surface area (Å²) in [6, 6.07) is 6.95. The molecule has 18 heavy (non-hydrogen) atoms. The Balaban J connectivity index is 2.83. The highest BCUT2D eigenvalue weighted by atomic mass is 35.5. The summed E-state index contributed by atoms with van der Waals surface area (Å²) in [6.45, 7) is 4.63. The van der Waals surface area contributed by atoms with Crippen LogP contribution in [0.4, 0.5) is 0 Å². The Morgan fingerprint density at radius 2 is 2.06 bits per heavy atom. The van der Waals surface area contributed by atoms with E-state index < -0.39 is 0 Å². The van der Waals surface area contributed by atoms with Crippen molar-refractivity contribution in [3.63, 3.8) is 0 Å². The van der Waals surface area contributed by atoms with E-state index in [1.807, 2.05) is 24.5 Å². The first-order chi connectivity index (χ1) is 8.54. The Kier molecular flexibility index (Phi) is 3.68. The van der Waals surface area contributed by atoms with Gasteiger partial charge in [0.15, 0.2) is 4.77 Å². The average Bonchev–Trinajstić information content (AvgIpc) is 2.34. The molecular weight excluding hydrogens is 268 g/mol. The molecule has 0 atom stereocenters. The molecule has 0 amide bonds. The van der Waals surface area contributed by atoms with Gasteiger partial charge < -0.3 is 4.57 Å². The largest absolute Gasteiger partial charge is 0.325 e. The summed E-state index contributed by atoms with van der Waals surface area (Å²) < 4.78 is 3.84. The third kappa shape index (κ3) is 2.26. The van der Waals surface area contributed by atoms with Crippen molar-refractivity contribution in [1.29, 1.82) is 0 Å². The van der Waals surface area contributed by atoms with Crippen LogP contribution in [0.25, 0.3) is 5.69 Å². The second kappa shape index (κ2) is 5.08. The Morgan fingerprint density at radius 3 is 2.72 bits per heavy atom. The summed E-state index contributed by atoms with van der Waals surface area (Å²) in [7, 11) is 0. The molecule has 0 saturated carbocycles. The van der Waals surface area contributed by atoms with Gasteiger partial charge in [-0.1, -0.05) is 17.7 Å². The molecule has 2 aromatic rings. The second-order valence-corrected chi connectivity index (χ2v) is 4.79. The van der Waals surface area contributed by atoms with Crippen LogP contribution in [0.15, 0.2) is 35.3 Å². The van der Waals surface area contributed by atoms with E-state index in [4.69, 9.17) is 23.8 Å². The van der Waals surface area contributed by atoms with Crippen molar-refractivity contribution >= 4 is 23.8 Å². The average molecular weight is 281 g/mol. The SMILES string of the molecule is CCn1ccc(=O)n(-c2cc(Cl)ccc2C)c1=S. The number of aromatic nitrogens is 2. The van der Waals surface area contributed by atoms with Gasteiger partial charge in [0.2, 0.25) is 0 Å². The van der Waals surface area contributed by atoms with E-state index in [0.29, 0.717) is 9.79 Å². The molecule has 2 rings (SSSR count). The van der Waals surface area contributed by atoms with E-state index in [2.05, 4.69) is 0 Å². The first-order valence-corrected chi connectivity index (χ1v) is 6.42. The Hall–Kier alpha value is -1.39. The summed E-state index contributed by atoms with van der Waals surface area (Å²) in [5, 5.41) is 0.587. The van der Waals surface area contributed by atoms with Gasteiger partial charge in [0.25, 0.3) is 5.56 Å². The number of benzene rings is 1. The predicted octanol–water partition coefficient (Wildman–Crippen LogP) is 3.35. The third-order valence-electron chi connectivity index (χ3n) is 2.81. The zero-order chi connectivity index (χ0) is 13.3. The van der Waals surface area contributed by atoms with Crippen LogP contribution in [0, 0.1) is 11.7 Å². The number of halogens is 1. The van der Waals surface area contributed by atoms with Gasteiger partial charge in [-0.05, 0) is 43.8 Å². The normalized spacial score (nSPS) is 10.6. The first kappa shape index (κ1) is 13.1. The highest BCUT2D eigenvalue weighted by Crippen LogP contribution is 2.18. The van der Waals surface area contributed by atoms with Crippen LogP contribution in [0.2, 0.25) is 5.02 Å². The van der Waals surface area contributed by atoms with Crippen LogP contribution in [-0.4, -0.2) is 9.13 Å². The summed E-state index contributed by atoms with van der Waals surface area (Å²) >= 11 is 11.3. The van der Waals surface area contributed by atoms with E-state index in [-0.39, 0.29) is 5.56 Å². The second-order valence-electron chi connectivity index (χ2n) is 3.99. The minimum absolute atomic E-state index is 0.143. The van der Waals surface area contributed by atoms with Gasteiger partial charge >= 0.3 is 0 Å². The number of rotatable bonds is 2. The molecule has 0 radical (unpaired) electrons. The van der Waals surface area contributed by atoms with Gasteiger partial charge in [-0.25, -0.2) is 0 Å². The van der Waals surface area contributed by atoms with Crippen molar-refractivity contribution in [2.24, 2.45) is 0 Å². The molecule has 1 aromatic carbocycles. The van der Waals surface area contributed by atoms with Crippen molar-refractivity contribution in [3.05, 3.63) is 56.2 Å². The molecule has 0 aliphatic carbocycles.